The fraction of sp³-hybridized carbons (Fsp3) is 0.188. The van der Waals surface area contributed by atoms with Gasteiger partial charge in [-0.3, -0.25) is 5.10 Å². The monoisotopic (exact) mass is 325 g/mol. The minimum Gasteiger partial charge on any atom is -0.344 e. The van der Waals surface area contributed by atoms with Crippen LogP contribution >= 0.6 is 24.8 Å². The molecule has 3 aromatic rings. The number of fused-ring (bicyclic) bond motifs is 1. The number of hydrogen-bond acceptors (Lipinski definition) is 2. The first-order chi connectivity index (χ1) is 8.74. The lowest BCUT2D eigenvalue weighted by atomic mass is 9.98. The van der Waals surface area contributed by atoms with Crippen LogP contribution in [0, 0.1) is 0 Å². The summed E-state index contributed by atoms with van der Waals surface area (Å²) < 4.78 is 0. The van der Waals surface area contributed by atoms with Gasteiger partial charge in [0.2, 0.25) is 0 Å². The second-order valence-corrected chi connectivity index (χ2v) is 4.95. The lowest BCUT2D eigenvalue weighted by Gasteiger charge is -2.07. The van der Waals surface area contributed by atoms with Gasteiger partial charge in [0.1, 0.15) is 0 Å². The Bertz CT molecular complexity index is 675. The molecule has 0 bridgehead atoms. The van der Waals surface area contributed by atoms with Gasteiger partial charge in [-0.1, -0.05) is 44.2 Å². The van der Waals surface area contributed by atoms with Crippen LogP contribution in [0.5, 0.6) is 0 Å². The predicted octanol–water partition coefficient (Wildman–Crippen LogP) is 5.36. The normalized spacial score (nSPS) is 9.67. The molecule has 5 heteroatoms. The summed E-state index contributed by atoms with van der Waals surface area (Å²) >= 11 is 0. The molecule has 0 spiro atoms. The molecular formula is C16H21Cl2N3. The van der Waals surface area contributed by atoms with Crippen LogP contribution in [0.15, 0.2) is 48.7 Å². The van der Waals surface area contributed by atoms with Gasteiger partial charge >= 0.3 is 0 Å². The Hall–Kier alpha value is -1.55. The van der Waals surface area contributed by atoms with Gasteiger partial charge in [0.25, 0.3) is 0 Å². The van der Waals surface area contributed by atoms with Gasteiger partial charge in [0.15, 0.2) is 0 Å². The van der Waals surface area contributed by atoms with Crippen LogP contribution in [0.4, 0.5) is 0 Å². The summed E-state index contributed by atoms with van der Waals surface area (Å²) in [6, 6.07) is 15.2. The molecule has 0 aliphatic carbocycles. The highest BCUT2D eigenvalue weighted by molar-refractivity contribution is 5.86. The van der Waals surface area contributed by atoms with Crippen molar-refractivity contribution in [1.29, 1.82) is 0 Å². The maximum absolute atomic E-state index is 4.05. The molecule has 1 aromatic heterocycles. The molecule has 4 N–H and O–H groups in total. The number of halogens is 2. The lowest BCUT2D eigenvalue weighted by Crippen LogP contribution is -1.86. The first-order valence-corrected chi connectivity index (χ1v) is 6.27. The van der Waals surface area contributed by atoms with Gasteiger partial charge in [-0.2, -0.15) is 5.10 Å². The Morgan fingerprint density at radius 2 is 1.52 bits per heavy atom. The molecule has 0 saturated carbocycles. The molecule has 21 heavy (non-hydrogen) atoms. The Labute approximate surface area is 137 Å². The summed E-state index contributed by atoms with van der Waals surface area (Å²) in [5, 5.41) is 8.17. The van der Waals surface area contributed by atoms with Crippen molar-refractivity contribution in [3.63, 3.8) is 0 Å². The van der Waals surface area contributed by atoms with E-state index in [9.17, 15) is 0 Å². The quantitative estimate of drug-likeness (QED) is 0.666. The first kappa shape index (κ1) is 19.4. The van der Waals surface area contributed by atoms with E-state index in [0.717, 1.165) is 10.9 Å². The van der Waals surface area contributed by atoms with Crippen LogP contribution < -0.4 is 6.15 Å². The number of nitrogens with zero attached hydrogens (tertiary/aromatic N) is 1. The van der Waals surface area contributed by atoms with Crippen LogP contribution in [-0.2, 0) is 0 Å². The fourth-order valence-electron chi connectivity index (χ4n) is 2.18. The van der Waals surface area contributed by atoms with Gasteiger partial charge in [-0.05, 0) is 34.7 Å². The van der Waals surface area contributed by atoms with Crippen molar-refractivity contribution in [3.8, 4) is 11.1 Å². The number of nitrogens with one attached hydrogen (secondary N) is 1. The predicted molar refractivity (Wildman–Crippen MR) is 95.1 cm³/mol. The molecule has 0 radical (unpaired) electrons. The Kier molecular flexibility index (Phi) is 7.44. The van der Waals surface area contributed by atoms with Crippen LogP contribution in [0.3, 0.4) is 0 Å². The van der Waals surface area contributed by atoms with Crippen molar-refractivity contribution >= 4 is 35.7 Å². The van der Waals surface area contributed by atoms with Crippen LogP contribution in [0.1, 0.15) is 25.3 Å². The topological polar surface area (TPSA) is 63.7 Å². The number of aromatic amines is 1. The average Bonchev–Trinajstić information content (AvgIpc) is 2.86. The van der Waals surface area contributed by atoms with Gasteiger partial charge < -0.3 is 6.15 Å². The average molecular weight is 326 g/mol. The highest BCUT2D eigenvalue weighted by Crippen LogP contribution is 2.25. The van der Waals surface area contributed by atoms with E-state index in [1.54, 1.807) is 0 Å². The second kappa shape index (κ2) is 8.03. The molecule has 0 unspecified atom stereocenters. The smallest absolute Gasteiger partial charge is 0.0650 e. The third-order valence-electron chi connectivity index (χ3n) is 3.35. The van der Waals surface area contributed by atoms with Crippen molar-refractivity contribution in [1.82, 2.24) is 16.3 Å². The minimum atomic E-state index is 0. The Morgan fingerprint density at radius 1 is 0.905 bits per heavy atom. The molecule has 0 atom stereocenters. The van der Waals surface area contributed by atoms with E-state index in [1.165, 1.54) is 16.7 Å². The van der Waals surface area contributed by atoms with Crippen molar-refractivity contribution in [2.75, 3.05) is 0 Å². The number of hydrogen-bond donors (Lipinski definition) is 2. The largest absolute Gasteiger partial charge is 0.344 e. The maximum atomic E-state index is 4.05. The summed E-state index contributed by atoms with van der Waals surface area (Å²) in [6.07, 6.45) is 1.86. The Morgan fingerprint density at radius 3 is 2.14 bits per heavy atom. The molecule has 0 amide bonds. The molecular weight excluding hydrogens is 305 g/mol. The van der Waals surface area contributed by atoms with Gasteiger partial charge in [-0.25, -0.2) is 0 Å². The van der Waals surface area contributed by atoms with Crippen molar-refractivity contribution < 1.29 is 0 Å². The fourth-order valence-corrected chi connectivity index (χ4v) is 2.18. The SMILES string of the molecule is CC(C)c1ccc(-c2ccc3[nH]ncc3c2)cc1.Cl.Cl.N. The zero-order valence-electron chi connectivity index (χ0n) is 12.2. The maximum Gasteiger partial charge on any atom is 0.0650 e. The molecule has 1 heterocycles. The lowest BCUT2D eigenvalue weighted by molar-refractivity contribution is 0.867. The summed E-state index contributed by atoms with van der Waals surface area (Å²) in [5.41, 5.74) is 4.95. The summed E-state index contributed by atoms with van der Waals surface area (Å²) in [4.78, 5) is 0. The summed E-state index contributed by atoms with van der Waals surface area (Å²) in [7, 11) is 0. The zero-order chi connectivity index (χ0) is 12.5. The van der Waals surface area contributed by atoms with Crippen molar-refractivity contribution in [2.24, 2.45) is 0 Å². The van der Waals surface area contributed by atoms with E-state index in [4.69, 9.17) is 0 Å². The third-order valence-corrected chi connectivity index (χ3v) is 3.35. The van der Waals surface area contributed by atoms with E-state index < -0.39 is 0 Å². The molecule has 0 aliphatic heterocycles. The van der Waals surface area contributed by atoms with E-state index >= 15 is 0 Å². The van der Waals surface area contributed by atoms with Crippen LogP contribution in [-0.4, -0.2) is 10.2 Å². The standard InChI is InChI=1S/C16H16N2.2ClH.H3N/c1-11(2)12-3-5-13(6-4-12)14-7-8-16-15(9-14)10-17-18-16;;;/h3-11H,1-2H3,(H,17,18);2*1H;1H3. The van der Waals surface area contributed by atoms with Crippen molar-refractivity contribution in [2.45, 2.75) is 19.8 Å². The number of H-pyrrole nitrogens is 1. The van der Waals surface area contributed by atoms with Crippen LogP contribution in [0.2, 0.25) is 0 Å². The highest BCUT2D eigenvalue weighted by Gasteiger charge is 2.02. The second-order valence-electron chi connectivity index (χ2n) is 4.95. The molecule has 3 rings (SSSR count). The van der Waals surface area contributed by atoms with Gasteiger partial charge in [0, 0.05) is 5.39 Å². The van der Waals surface area contributed by atoms with E-state index in [2.05, 4.69) is 66.5 Å². The molecule has 114 valence electrons. The number of rotatable bonds is 2. The number of benzene rings is 2. The number of aromatic nitrogens is 2. The molecule has 3 nitrogen and oxygen atoms in total. The summed E-state index contributed by atoms with van der Waals surface area (Å²) in [6.45, 7) is 4.43. The zero-order valence-corrected chi connectivity index (χ0v) is 13.8. The van der Waals surface area contributed by atoms with Gasteiger partial charge in [0.05, 0.1) is 11.7 Å². The molecule has 0 fully saturated rings. The highest BCUT2D eigenvalue weighted by atomic mass is 35.5. The Balaban J connectivity index is 0.00000133. The van der Waals surface area contributed by atoms with E-state index in [0.29, 0.717) is 5.92 Å². The van der Waals surface area contributed by atoms with E-state index in [-0.39, 0.29) is 31.0 Å². The third kappa shape index (κ3) is 3.97. The minimum absolute atomic E-state index is 0. The van der Waals surface area contributed by atoms with Crippen LogP contribution in [0.25, 0.3) is 22.0 Å². The van der Waals surface area contributed by atoms with Gasteiger partial charge in [-0.15, -0.1) is 24.8 Å². The summed E-state index contributed by atoms with van der Waals surface area (Å²) in [5.74, 6) is 0.579. The first-order valence-electron chi connectivity index (χ1n) is 6.27. The molecule has 0 saturated heterocycles. The molecule has 0 aliphatic rings. The van der Waals surface area contributed by atoms with Crippen molar-refractivity contribution in [3.05, 3.63) is 54.2 Å². The van der Waals surface area contributed by atoms with E-state index in [1.807, 2.05) is 6.20 Å². The molecule has 2 aromatic carbocycles.